The van der Waals surface area contributed by atoms with Gasteiger partial charge in [-0.1, -0.05) is 11.2 Å². The largest absolute Gasteiger partial charge is 0.492 e. The highest BCUT2D eigenvalue weighted by molar-refractivity contribution is 7.09. The molecule has 3 N–H and O–H groups in total. The molecule has 20 heavy (non-hydrogen) atoms. The zero-order chi connectivity index (χ0) is 14.5. The first kappa shape index (κ1) is 14.3. The van der Waals surface area contributed by atoms with Crippen LogP contribution in [0.25, 0.3) is 0 Å². The van der Waals surface area contributed by atoms with Crippen LogP contribution in [0, 0.1) is 13.8 Å². The summed E-state index contributed by atoms with van der Waals surface area (Å²) >= 11 is 1.70. The van der Waals surface area contributed by atoms with Crippen LogP contribution < -0.4 is 10.5 Å². The number of nitrogens with zero attached hydrogens (tertiary/aromatic N) is 2. The number of aryl methyl sites for hydroxylation is 2. The Morgan fingerprint density at radius 2 is 2.30 bits per heavy atom. The molecule has 0 saturated heterocycles. The Labute approximate surface area is 121 Å². The van der Waals surface area contributed by atoms with Crippen molar-refractivity contribution in [2.45, 2.75) is 20.3 Å². The first-order valence-electron chi connectivity index (χ1n) is 6.23. The Hall–Kier alpha value is -2.08. The SMILES string of the molecule is Cc1cc(OCCc2cccs2)c(/C(N)=N/O)c(C)n1. The van der Waals surface area contributed by atoms with Gasteiger partial charge in [0.15, 0.2) is 5.84 Å². The lowest BCUT2D eigenvalue weighted by atomic mass is 10.1. The van der Waals surface area contributed by atoms with E-state index in [1.165, 1.54) is 4.88 Å². The van der Waals surface area contributed by atoms with E-state index in [0.29, 0.717) is 23.6 Å². The lowest BCUT2D eigenvalue weighted by Crippen LogP contribution is -2.18. The lowest BCUT2D eigenvalue weighted by Gasteiger charge is -2.13. The summed E-state index contributed by atoms with van der Waals surface area (Å²) in [6.07, 6.45) is 0.827. The molecule has 2 aromatic heterocycles. The average Bonchev–Trinajstić information content (AvgIpc) is 2.90. The fourth-order valence-electron chi connectivity index (χ4n) is 1.98. The minimum atomic E-state index is 0.0149. The number of amidine groups is 1. The van der Waals surface area contributed by atoms with Gasteiger partial charge >= 0.3 is 0 Å². The summed E-state index contributed by atoms with van der Waals surface area (Å²) in [6, 6.07) is 5.89. The van der Waals surface area contributed by atoms with E-state index in [1.54, 1.807) is 17.4 Å². The third kappa shape index (κ3) is 3.27. The highest BCUT2D eigenvalue weighted by Gasteiger charge is 2.14. The molecule has 0 saturated carbocycles. The number of oxime groups is 1. The minimum absolute atomic E-state index is 0.0149. The molecule has 0 amide bonds. The van der Waals surface area contributed by atoms with Gasteiger partial charge in [0.05, 0.1) is 17.9 Å². The van der Waals surface area contributed by atoms with E-state index in [9.17, 15) is 0 Å². The molecule has 0 aliphatic carbocycles. The molecular weight excluding hydrogens is 274 g/mol. The van der Waals surface area contributed by atoms with Crippen molar-refractivity contribution in [2.75, 3.05) is 6.61 Å². The number of nitrogens with two attached hydrogens (primary N) is 1. The molecule has 0 unspecified atom stereocenters. The van der Waals surface area contributed by atoms with Crippen LogP contribution in [0.4, 0.5) is 0 Å². The maximum Gasteiger partial charge on any atom is 0.175 e. The van der Waals surface area contributed by atoms with Crippen LogP contribution in [0.1, 0.15) is 21.8 Å². The third-order valence-electron chi connectivity index (χ3n) is 2.84. The normalized spacial score (nSPS) is 11.6. The third-order valence-corrected chi connectivity index (χ3v) is 3.78. The number of pyridine rings is 1. The van der Waals surface area contributed by atoms with Crippen LogP contribution in [-0.2, 0) is 6.42 Å². The van der Waals surface area contributed by atoms with Gasteiger partial charge in [-0.3, -0.25) is 4.98 Å². The topological polar surface area (TPSA) is 80.7 Å². The summed E-state index contributed by atoms with van der Waals surface area (Å²) in [7, 11) is 0. The second kappa shape index (κ2) is 6.38. The van der Waals surface area contributed by atoms with Crippen LogP contribution in [-0.4, -0.2) is 22.6 Å². The van der Waals surface area contributed by atoms with Crippen LogP contribution in [0.5, 0.6) is 5.75 Å². The molecule has 0 fully saturated rings. The van der Waals surface area contributed by atoms with Crippen molar-refractivity contribution in [1.29, 1.82) is 0 Å². The van der Waals surface area contributed by atoms with Gasteiger partial charge in [0.2, 0.25) is 0 Å². The summed E-state index contributed by atoms with van der Waals surface area (Å²) in [4.78, 5) is 5.57. The molecule has 0 atom stereocenters. The van der Waals surface area contributed by atoms with Gasteiger partial charge in [0.25, 0.3) is 0 Å². The van der Waals surface area contributed by atoms with E-state index in [0.717, 1.165) is 12.1 Å². The second-order valence-corrected chi connectivity index (χ2v) is 5.42. The molecule has 0 aromatic carbocycles. The van der Waals surface area contributed by atoms with Gasteiger partial charge in [0, 0.05) is 23.1 Å². The predicted octanol–water partition coefficient (Wildman–Crippen LogP) is 2.48. The fourth-order valence-corrected chi connectivity index (χ4v) is 2.67. The summed E-state index contributed by atoms with van der Waals surface area (Å²) in [5.41, 5.74) is 7.76. The summed E-state index contributed by atoms with van der Waals surface area (Å²) in [6.45, 7) is 4.23. The van der Waals surface area contributed by atoms with Crippen LogP contribution in [0.15, 0.2) is 28.7 Å². The van der Waals surface area contributed by atoms with Crippen molar-refractivity contribution in [2.24, 2.45) is 10.9 Å². The van der Waals surface area contributed by atoms with E-state index in [4.69, 9.17) is 15.7 Å². The maximum atomic E-state index is 8.86. The molecule has 0 spiro atoms. The Kier molecular flexibility index (Phi) is 4.57. The van der Waals surface area contributed by atoms with Crippen molar-refractivity contribution < 1.29 is 9.94 Å². The average molecular weight is 291 g/mol. The number of rotatable bonds is 5. The number of hydrogen-bond acceptors (Lipinski definition) is 5. The molecule has 0 aliphatic heterocycles. The van der Waals surface area contributed by atoms with Crippen LogP contribution in [0.3, 0.4) is 0 Å². The predicted molar refractivity (Wildman–Crippen MR) is 79.7 cm³/mol. The Morgan fingerprint density at radius 1 is 1.50 bits per heavy atom. The quantitative estimate of drug-likeness (QED) is 0.384. The van der Waals surface area contributed by atoms with Gasteiger partial charge in [-0.2, -0.15) is 0 Å². The number of ether oxygens (including phenoxy) is 1. The van der Waals surface area contributed by atoms with Crippen molar-refractivity contribution in [3.05, 3.63) is 45.4 Å². The Balaban J connectivity index is 2.17. The zero-order valence-corrected chi connectivity index (χ0v) is 12.3. The molecule has 2 rings (SSSR count). The fraction of sp³-hybridized carbons (Fsp3) is 0.286. The van der Waals surface area contributed by atoms with Gasteiger partial charge in [0.1, 0.15) is 5.75 Å². The highest BCUT2D eigenvalue weighted by atomic mass is 32.1. The highest BCUT2D eigenvalue weighted by Crippen LogP contribution is 2.22. The molecule has 2 aromatic rings. The minimum Gasteiger partial charge on any atom is -0.492 e. The van der Waals surface area contributed by atoms with Crippen molar-refractivity contribution in [1.82, 2.24) is 4.98 Å². The first-order valence-corrected chi connectivity index (χ1v) is 7.11. The Morgan fingerprint density at radius 3 is 2.95 bits per heavy atom. The lowest BCUT2D eigenvalue weighted by molar-refractivity contribution is 0.313. The molecule has 0 radical (unpaired) electrons. The van der Waals surface area contributed by atoms with Gasteiger partial charge < -0.3 is 15.7 Å². The van der Waals surface area contributed by atoms with Gasteiger partial charge in [-0.05, 0) is 25.3 Å². The molecule has 2 heterocycles. The van der Waals surface area contributed by atoms with E-state index < -0.39 is 0 Å². The van der Waals surface area contributed by atoms with Crippen molar-refractivity contribution >= 4 is 17.2 Å². The summed E-state index contributed by atoms with van der Waals surface area (Å²) in [5.74, 6) is 0.614. The second-order valence-electron chi connectivity index (χ2n) is 4.39. The standard InChI is InChI=1S/C14H17N3O2S/c1-9-8-12(13(10(2)16-9)14(15)17-18)19-6-5-11-4-3-7-20-11/h3-4,7-8,18H,5-6H2,1-2H3,(H2,15,17). The van der Waals surface area contributed by atoms with E-state index in [1.807, 2.05) is 25.3 Å². The van der Waals surface area contributed by atoms with E-state index in [2.05, 4.69) is 16.2 Å². The number of hydrogen-bond donors (Lipinski definition) is 2. The van der Waals surface area contributed by atoms with Gasteiger partial charge in [-0.15, -0.1) is 11.3 Å². The smallest absolute Gasteiger partial charge is 0.175 e. The Bertz CT molecular complexity index is 609. The molecule has 0 bridgehead atoms. The van der Waals surface area contributed by atoms with E-state index in [-0.39, 0.29) is 5.84 Å². The monoisotopic (exact) mass is 291 g/mol. The van der Waals surface area contributed by atoms with Crippen LogP contribution in [0.2, 0.25) is 0 Å². The van der Waals surface area contributed by atoms with Crippen molar-refractivity contribution in [3.63, 3.8) is 0 Å². The molecule has 5 nitrogen and oxygen atoms in total. The van der Waals surface area contributed by atoms with Gasteiger partial charge in [-0.25, -0.2) is 0 Å². The first-order chi connectivity index (χ1) is 9.61. The number of thiophene rings is 1. The molecule has 0 aliphatic rings. The van der Waals surface area contributed by atoms with Crippen molar-refractivity contribution in [3.8, 4) is 5.75 Å². The molecule has 6 heteroatoms. The maximum absolute atomic E-state index is 8.86. The number of aromatic nitrogens is 1. The zero-order valence-electron chi connectivity index (χ0n) is 11.5. The molecule has 106 valence electrons. The van der Waals surface area contributed by atoms with Crippen LogP contribution >= 0.6 is 11.3 Å². The van der Waals surface area contributed by atoms with E-state index >= 15 is 0 Å². The molecular formula is C14H17N3O2S. The summed E-state index contributed by atoms with van der Waals surface area (Å²) < 4.78 is 5.79. The summed E-state index contributed by atoms with van der Waals surface area (Å²) in [5, 5.41) is 13.9.